The molecule has 1 atom stereocenters. The van der Waals surface area contributed by atoms with Gasteiger partial charge in [-0.2, -0.15) is 5.48 Å². The molecule has 88 valence electrons. The summed E-state index contributed by atoms with van der Waals surface area (Å²) < 4.78 is 0. The minimum Gasteiger partial charge on any atom is -0.480 e. The molecule has 1 aromatic carbocycles. The SMILES string of the molecule is CC(C)(C)ONC(C(=O)O)c1ccccc1. The molecule has 2 N–H and O–H groups in total. The van der Waals surface area contributed by atoms with Gasteiger partial charge in [0.25, 0.3) is 0 Å². The van der Waals surface area contributed by atoms with Gasteiger partial charge in [0.1, 0.15) is 0 Å². The zero-order chi connectivity index (χ0) is 12.2. The van der Waals surface area contributed by atoms with Gasteiger partial charge < -0.3 is 5.11 Å². The van der Waals surface area contributed by atoms with E-state index in [-0.39, 0.29) is 0 Å². The summed E-state index contributed by atoms with van der Waals surface area (Å²) in [4.78, 5) is 16.4. The van der Waals surface area contributed by atoms with Crippen LogP contribution in [0.2, 0.25) is 0 Å². The summed E-state index contributed by atoms with van der Waals surface area (Å²) in [7, 11) is 0. The number of aliphatic carboxylic acids is 1. The average molecular weight is 223 g/mol. The van der Waals surface area contributed by atoms with E-state index in [2.05, 4.69) is 5.48 Å². The Bertz CT molecular complexity index is 343. The van der Waals surface area contributed by atoms with Crippen molar-refractivity contribution in [3.8, 4) is 0 Å². The first kappa shape index (κ1) is 12.7. The lowest BCUT2D eigenvalue weighted by atomic mass is 10.1. The van der Waals surface area contributed by atoms with E-state index in [1.54, 1.807) is 24.3 Å². The van der Waals surface area contributed by atoms with Crippen LogP contribution in [0.1, 0.15) is 32.4 Å². The highest BCUT2D eigenvalue weighted by molar-refractivity contribution is 5.75. The molecule has 4 nitrogen and oxygen atoms in total. The summed E-state index contributed by atoms with van der Waals surface area (Å²) in [6.07, 6.45) is 0. The highest BCUT2D eigenvalue weighted by atomic mass is 16.7. The van der Waals surface area contributed by atoms with E-state index in [4.69, 9.17) is 9.94 Å². The fourth-order valence-electron chi connectivity index (χ4n) is 1.14. The predicted octanol–water partition coefficient (Wildman–Crippen LogP) is 2.13. The van der Waals surface area contributed by atoms with Gasteiger partial charge in [-0.3, -0.25) is 9.63 Å². The maximum absolute atomic E-state index is 11.1. The third-order valence-corrected chi connectivity index (χ3v) is 1.86. The van der Waals surface area contributed by atoms with Gasteiger partial charge >= 0.3 is 5.97 Å². The first-order chi connectivity index (χ1) is 7.40. The zero-order valence-corrected chi connectivity index (χ0v) is 9.73. The fourth-order valence-corrected chi connectivity index (χ4v) is 1.14. The lowest BCUT2D eigenvalue weighted by Gasteiger charge is -2.23. The molecule has 1 unspecified atom stereocenters. The average Bonchev–Trinajstić information content (AvgIpc) is 2.17. The summed E-state index contributed by atoms with van der Waals surface area (Å²) in [5.74, 6) is -0.963. The molecular weight excluding hydrogens is 206 g/mol. The number of carboxylic acids is 1. The summed E-state index contributed by atoms with van der Waals surface area (Å²) in [6.45, 7) is 5.55. The lowest BCUT2D eigenvalue weighted by molar-refractivity contribution is -0.150. The second kappa shape index (κ2) is 5.09. The van der Waals surface area contributed by atoms with Crippen molar-refractivity contribution in [3.05, 3.63) is 35.9 Å². The van der Waals surface area contributed by atoms with Crippen molar-refractivity contribution in [2.24, 2.45) is 0 Å². The Balaban J connectivity index is 2.74. The number of hydroxylamine groups is 1. The van der Waals surface area contributed by atoms with Crippen LogP contribution in [-0.2, 0) is 9.63 Å². The zero-order valence-electron chi connectivity index (χ0n) is 9.73. The Kier molecular flexibility index (Phi) is 4.04. The second-order valence-electron chi connectivity index (χ2n) is 4.51. The Morgan fingerprint density at radius 3 is 2.31 bits per heavy atom. The maximum Gasteiger partial charge on any atom is 0.327 e. The van der Waals surface area contributed by atoms with Crippen molar-refractivity contribution in [1.82, 2.24) is 5.48 Å². The quantitative estimate of drug-likeness (QED) is 0.768. The van der Waals surface area contributed by atoms with E-state index in [1.807, 2.05) is 26.8 Å². The van der Waals surface area contributed by atoms with Crippen LogP contribution in [0.25, 0.3) is 0 Å². The van der Waals surface area contributed by atoms with Gasteiger partial charge in [-0.05, 0) is 26.3 Å². The van der Waals surface area contributed by atoms with Crippen LogP contribution < -0.4 is 5.48 Å². The van der Waals surface area contributed by atoms with Crippen LogP contribution in [0.3, 0.4) is 0 Å². The van der Waals surface area contributed by atoms with Crippen LogP contribution in [0.15, 0.2) is 30.3 Å². The van der Waals surface area contributed by atoms with Gasteiger partial charge in [0.05, 0.1) is 5.60 Å². The number of carboxylic acid groups (broad SMARTS) is 1. The highest BCUT2D eigenvalue weighted by Crippen LogP contribution is 2.15. The van der Waals surface area contributed by atoms with E-state index in [9.17, 15) is 4.79 Å². The largest absolute Gasteiger partial charge is 0.480 e. The monoisotopic (exact) mass is 223 g/mol. The molecule has 0 saturated heterocycles. The molecule has 0 fully saturated rings. The predicted molar refractivity (Wildman–Crippen MR) is 60.8 cm³/mol. The number of rotatable bonds is 4. The van der Waals surface area contributed by atoms with E-state index in [1.165, 1.54) is 0 Å². The Morgan fingerprint density at radius 1 is 1.31 bits per heavy atom. The molecule has 0 amide bonds. The van der Waals surface area contributed by atoms with Crippen molar-refractivity contribution in [2.45, 2.75) is 32.4 Å². The molecular formula is C12H17NO3. The third-order valence-electron chi connectivity index (χ3n) is 1.86. The van der Waals surface area contributed by atoms with Crippen molar-refractivity contribution in [3.63, 3.8) is 0 Å². The summed E-state index contributed by atoms with van der Waals surface area (Å²) in [6, 6.07) is 8.08. The van der Waals surface area contributed by atoms with Crippen molar-refractivity contribution < 1.29 is 14.7 Å². The van der Waals surface area contributed by atoms with Crippen molar-refractivity contribution in [1.29, 1.82) is 0 Å². The van der Waals surface area contributed by atoms with Gasteiger partial charge in [0.2, 0.25) is 0 Å². The first-order valence-corrected chi connectivity index (χ1v) is 5.11. The van der Waals surface area contributed by atoms with Gasteiger partial charge in [-0.1, -0.05) is 30.3 Å². The van der Waals surface area contributed by atoms with Crippen LogP contribution in [0.5, 0.6) is 0 Å². The third kappa shape index (κ3) is 4.00. The summed E-state index contributed by atoms with van der Waals surface area (Å²) >= 11 is 0. The molecule has 16 heavy (non-hydrogen) atoms. The van der Waals surface area contributed by atoms with E-state index in [0.717, 1.165) is 0 Å². The lowest BCUT2D eigenvalue weighted by Crippen LogP contribution is -2.35. The fraction of sp³-hybridized carbons (Fsp3) is 0.417. The molecule has 0 heterocycles. The van der Waals surface area contributed by atoms with Crippen LogP contribution in [0.4, 0.5) is 0 Å². The van der Waals surface area contributed by atoms with Gasteiger partial charge in [-0.15, -0.1) is 0 Å². The number of hydrogen-bond donors (Lipinski definition) is 2. The summed E-state index contributed by atoms with van der Waals surface area (Å²) in [5.41, 5.74) is 2.81. The van der Waals surface area contributed by atoms with Gasteiger partial charge in [0, 0.05) is 0 Å². The topological polar surface area (TPSA) is 58.6 Å². The maximum atomic E-state index is 11.1. The van der Waals surface area contributed by atoms with E-state index >= 15 is 0 Å². The van der Waals surface area contributed by atoms with Crippen LogP contribution in [-0.4, -0.2) is 16.7 Å². The smallest absolute Gasteiger partial charge is 0.327 e. The van der Waals surface area contributed by atoms with Gasteiger partial charge in [0.15, 0.2) is 6.04 Å². The standard InChI is InChI=1S/C12H17NO3/c1-12(2,3)16-13-10(11(14)15)9-7-5-4-6-8-9/h4-8,10,13H,1-3H3,(H,14,15). The summed E-state index contributed by atoms with van der Waals surface area (Å²) in [5, 5.41) is 9.08. The minimum atomic E-state index is -0.963. The molecule has 0 aliphatic carbocycles. The number of carbonyl (C=O) groups is 1. The Labute approximate surface area is 95.2 Å². The normalized spacial score (nSPS) is 13.4. The highest BCUT2D eigenvalue weighted by Gasteiger charge is 2.22. The molecule has 0 aromatic heterocycles. The van der Waals surface area contributed by atoms with E-state index in [0.29, 0.717) is 5.56 Å². The molecule has 1 aromatic rings. The second-order valence-corrected chi connectivity index (χ2v) is 4.51. The molecule has 0 saturated carbocycles. The van der Waals surface area contributed by atoms with E-state index < -0.39 is 17.6 Å². The molecule has 0 bridgehead atoms. The molecule has 1 rings (SSSR count). The van der Waals surface area contributed by atoms with Crippen molar-refractivity contribution >= 4 is 5.97 Å². The van der Waals surface area contributed by atoms with Crippen molar-refractivity contribution in [2.75, 3.05) is 0 Å². The number of benzene rings is 1. The Hall–Kier alpha value is -1.39. The Morgan fingerprint density at radius 2 is 1.88 bits per heavy atom. The van der Waals surface area contributed by atoms with Gasteiger partial charge in [-0.25, -0.2) is 0 Å². The molecule has 0 aliphatic rings. The molecule has 0 spiro atoms. The molecule has 4 heteroatoms. The first-order valence-electron chi connectivity index (χ1n) is 5.11. The van der Waals surface area contributed by atoms with Crippen LogP contribution in [0, 0.1) is 0 Å². The molecule has 0 radical (unpaired) electrons. The number of hydrogen-bond acceptors (Lipinski definition) is 3. The molecule has 0 aliphatic heterocycles. The van der Waals surface area contributed by atoms with Crippen LogP contribution >= 0.6 is 0 Å². The number of nitrogens with one attached hydrogen (secondary N) is 1. The minimum absolute atomic E-state index is 0.428.